The van der Waals surface area contributed by atoms with Crippen molar-refractivity contribution in [2.75, 3.05) is 5.32 Å². The van der Waals surface area contributed by atoms with Crippen molar-refractivity contribution in [1.82, 2.24) is 20.5 Å². The molecule has 4 aromatic rings. The van der Waals surface area contributed by atoms with Gasteiger partial charge in [0.2, 0.25) is 0 Å². The number of aromatic nitrogens is 4. The van der Waals surface area contributed by atoms with E-state index in [9.17, 15) is 0 Å². The quantitative estimate of drug-likeness (QED) is 0.528. The number of nitrogens with one attached hydrogen (secondary N) is 2. The van der Waals surface area contributed by atoms with Gasteiger partial charge in [0, 0.05) is 11.1 Å². The lowest BCUT2D eigenvalue weighted by Gasteiger charge is -2.43. The van der Waals surface area contributed by atoms with Gasteiger partial charge in [-0.05, 0) is 88.6 Å². The van der Waals surface area contributed by atoms with E-state index in [1.165, 1.54) is 41.5 Å². The Labute approximate surface area is 155 Å². The number of hydrogen-bond donors (Lipinski definition) is 2. The molecule has 3 aliphatic rings. The third-order valence-corrected chi connectivity index (χ3v) is 7.31. The number of nitrogens with zero attached hydrogens (tertiary/aromatic N) is 3. The predicted octanol–water partition coefficient (Wildman–Crippen LogP) is 4.40. The first-order valence-corrected chi connectivity index (χ1v) is 9.81. The Morgan fingerprint density at radius 3 is 2.93 bits per heavy atom. The molecule has 6 heteroatoms. The maximum Gasteiger partial charge on any atom is 0.135 e. The van der Waals surface area contributed by atoms with Gasteiger partial charge in [-0.25, -0.2) is 4.63 Å². The summed E-state index contributed by atoms with van der Waals surface area (Å²) >= 11 is 0. The zero-order valence-electron chi connectivity index (χ0n) is 14.7. The summed E-state index contributed by atoms with van der Waals surface area (Å²) < 4.78 is 4.91. The predicted molar refractivity (Wildman–Crippen MR) is 101 cm³/mol. The summed E-state index contributed by atoms with van der Waals surface area (Å²) in [5.41, 5.74) is 6.84. The van der Waals surface area contributed by atoms with E-state index in [2.05, 4.69) is 50.1 Å². The number of fused-ring (bicyclic) bond motifs is 10. The lowest BCUT2D eigenvalue weighted by Crippen LogP contribution is -2.35. The van der Waals surface area contributed by atoms with E-state index in [1.54, 1.807) is 0 Å². The molecule has 3 heterocycles. The summed E-state index contributed by atoms with van der Waals surface area (Å²) in [4.78, 5) is 0. The molecule has 0 saturated heterocycles. The summed E-state index contributed by atoms with van der Waals surface area (Å²) in [7, 11) is 0. The Hall–Kier alpha value is -2.89. The monoisotopic (exact) mass is 357 g/mol. The summed E-state index contributed by atoms with van der Waals surface area (Å²) in [6, 6.07) is 11.0. The van der Waals surface area contributed by atoms with Crippen LogP contribution in [0.15, 0.2) is 41.2 Å². The molecule has 0 amide bonds. The van der Waals surface area contributed by atoms with Gasteiger partial charge >= 0.3 is 0 Å². The average Bonchev–Trinajstić information content (AvgIpc) is 3.49. The van der Waals surface area contributed by atoms with Crippen LogP contribution in [0.3, 0.4) is 0 Å². The fourth-order valence-electron chi connectivity index (χ4n) is 6.33. The molecule has 2 fully saturated rings. The highest BCUT2D eigenvalue weighted by molar-refractivity contribution is 5.88. The van der Waals surface area contributed by atoms with Crippen LogP contribution in [0.4, 0.5) is 5.69 Å². The zero-order chi connectivity index (χ0) is 17.5. The van der Waals surface area contributed by atoms with E-state index in [-0.39, 0.29) is 0 Å². The molecule has 5 unspecified atom stereocenters. The normalized spacial score (nSPS) is 31.2. The van der Waals surface area contributed by atoms with Gasteiger partial charge in [-0.15, -0.1) is 0 Å². The number of aromatic amines is 1. The molecule has 134 valence electrons. The minimum Gasteiger partial charge on any atom is -0.378 e. The number of benzene rings is 2. The molecule has 2 bridgehead atoms. The van der Waals surface area contributed by atoms with Gasteiger partial charge in [-0.3, -0.25) is 5.10 Å². The van der Waals surface area contributed by atoms with E-state index in [0.29, 0.717) is 17.9 Å². The van der Waals surface area contributed by atoms with Crippen molar-refractivity contribution in [2.45, 2.75) is 31.2 Å². The van der Waals surface area contributed by atoms with Crippen molar-refractivity contribution in [2.24, 2.45) is 17.8 Å². The van der Waals surface area contributed by atoms with Crippen LogP contribution in [0.2, 0.25) is 0 Å². The maximum absolute atomic E-state index is 4.91. The fraction of sp³-hybridized carbons (Fsp3) is 0.381. The summed E-state index contributed by atoms with van der Waals surface area (Å²) in [5.74, 6) is 2.81. The molecular weight excluding hydrogens is 338 g/mol. The number of anilines is 1. The highest BCUT2D eigenvalue weighted by atomic mass is 16.6. The molecule has 5 atom stereocenters. The SMILES string of the molecule is c1cc2nonc2cc1C1Nc2ccc3[nH]ncc3c2C2C3CCC(C3)C12. The number of H-pyrrole nitrogens is 1. The van der Waals surface area contributed by atoms with Crippen LogP contribution in [0.5, 0.6) is 0 Å². The first-order chi connectivity index (χ1) is 13.4. The Morgan fingerprint density at radius 2 is 1.93 bits per heavy atom. The molecule has 0 radical (unpaired) electrons. The molecule has 6 nitrogen and oxygen atoms in total. The Morgan fingerprint density at radius 1 is 1.00 bits per heavy atom. The molecule has 0 spiro atoms. The van der Waals surface area contributed by atoms with Gasteiger partial charge in [-0.2, -0.15) is 5.10 Å². The van der Waals surface area contributed by atoms with E-state index in [0.717, 1.165) is 28.4 Å². The van der Waals surface area contributed by atoms with Gasteiger partial charge in [-0.1, -0.05) is 6.07 Å². The van der Waals surface area contributed by atoms with Gasteiger partial charge in [0.25, 0.3) is 0 Å². The van der Waals surface area contributed by atoms with Crippen LogP contribution in [0.25, 0.3) is 21.9 Å². The van der Waals surface area contributed by atoms with Crippen LogP contribution >= 0.6 is 0 Å². The van der Waals surface area contributed by atoms with Crippen molar-refractivity contribution in [1.29, 1.82) is 0 Å². The molecule has 2 aliphatic carbocycles. The van der Waals surface area contributed by atoms with Crippen LogP contribution in [0.1, 0.15) is 42.3 Å². The highest BCUT2D eigenvalue weighted by Gasteiger charge is 2.54. The lowest BCUT2D eigenvalue weighted by atomic mass is 9.67. The largest absolute Gasteiger partial charge is 0.378 e. The molecule has 2 aromatic carbocycles. The topological polar surface area (TPSA) is 79.6 Å². The van der Waals surface area contributed by atoms with Crippen LogP contribution in [0, 0.1) is 17.8 Å². The average molecular weight is 357 g/mol. The van der Waals surface area contributed by atoms with E-state index in [4.69, 9.17) is 4.63 Å². The number of rotatable bonds is 1. The highest BCUT2D eigenvalue weighted by Crippen LogP contribution is 2.64. The van der Waals surface area contributed by atoms with Crippen molar-refractivity contribution < 1.29 is 4.63 Å². The summed E-state index contributed by atoms with van der Waals surface area (Å²) in [6.07, 6.45) is 6.08. The Balaban J connectivity index is 1.44. The van der Waals surface area contributed by atoms with Crippen molar-refractivity contribution in [3.05, 3.63) is 47.7 Å². The Bertz CT molecular complexity index is 1190. The minimum absolute atomic E-state index is 0.309. The standard InChI is InChI=1S/C21H19N5O/c1-2-11-7-10(1)18-19(11)21(12-3-4-15-17(8-12)26-27-25-15)23-16-6-5-14-13(20(16)18)9-22-24-14/h3-6,8-11,18-19,21,23H,1-2,7H2,(H,22,24). The molecule has 2 N–H and O–H groups in total. The van der Waals surface area contributed by atoms with Crippen molar-refractivity contribution in [3.8, 4) is 0 Å². The molecular formula is C21H19N5O. The van der Waals surface area contributed by atoms with E-state index in [1.807, 2.05) is 12.3 Å². The van der Waals surface area contributed by atoms with Crippen molar-refractivity contribution in [3.63, 3.8) is 0 Å². The zero-order valence-corrected chi connectivity index (χ0v) is 14.7. The van der Waals surface area contributed by atoms with Gasteiger partial charge in [0.15, 0.2) is 0 Å². The second-order valence-electron chi connectivity index (χ2n) is 8.43. The van der Waals surface area contributed by atoms with E-state index >= 15 is 0 Å². The van der Waals surface area contributed by atoms with Gasteiger partial charge in [0.05, 0.1) is 17.8 Å². The maximum atomic E-state index is 4.91. The molecule has 7 rings (SSSR count). The molecule has 27 heavy (non-hydrogen) atoms. The third-order valence-electron chi connectivity index (χ3n) is 7.31. The number of hydrogen-bond acceptors (Lipinski definition) is 5. The minimum atomic E-state index is 0.309. The second kappa shape index (κ2) is 4.88. The lowest BCUT2D eigenvalue weighted by molar-refractivity contribution is 0.249. The molecule has 2 saturated carbocycles. The first-order valence-electron chi connectivity index (χ1n) is 9.81. The van der Waals surface area contributed by atoms with Crippen LogP contribution in [-0.2, 0) is 0 Å². The third kappa shape index (κ3) is 1.78. The Kier molecular flexibility index (Phi) is 2.57. The van der Waals surface area contributed by atoms with Crippen LogP contribution < -0.4 is 5.32 Å². The second-order valence-corrected chi connectivity index (χ2v) is 8.43. The van der Waals surface area contributed by atoms with Crippen LogP contribution in [-0.4, -0.2) is 20.5 Å². The first kappa shape index (κ1) is 14.2. The van der Waals surface area contributed by atoms with Gasteiger partial charge < -0.3 is 5.32 Å². The smallest absolute Gasteiger partial charge is 0.135 e. The van der Waals surface area contributed by atoms with Crippen molar-refractivity contribution >= 4 is 27.6 Å². The summed E-state index contributed by atoms with van der Waals surface area (Å²) in [6.45, 7) is 0. The summed E-state index contributed by atoms with van der Waals surface area (Å²) in [5, 5.41) is 20.7. The molecule has 2 aromatic heterocycles. The fourth-order valence-corrected chi connectivity index (χ4v) is 6.33. The molecule has 1 aliphatic heterocycles. The van der Waals surface area contributed by atoms with E-state index < -0.39 is 0 Å². The van der Waals surface area contributed by atoms with Gasteiger partial charge in [0.1, 0.15) is 11.0 Å².